The van der Waals surface area contributed by atoms with Crippen LogP contribution in [0.5, 0.6) is 0 Å². The molecule has 0 aliphatic rings. The van der Waals surface area contributed by atoms with E-state index in [1.165, 1.54) is 0 Å². The van der Waals surface area contributed by atoms with Crippen LogP contribution < -0.4 is 5.32 Å². The Kier molecular flexibility index (Phi) is 12.0. The lowest BCUT2D eigenvalue weighted by Gasteiger charge is -2.06. The average Bonchev–Trinajstić information content (AvgIpc) is 2.28. The first-order valence-electron chi connectivity index (χ1n) is 6.25. The van der Waals surface area contributed by atoms with Crippen LogP contribution in [0.1, 0.15) is 39.5 Å². The van der Waals surface area contributed by atoms with E-state index in [2.05, 4.69) is 19.2 Å². The highest BCUT2D eigenvalue weighted by Gasteiger charge is 2.00. The molecule has 0 aliphatic heterocycles. The zero-order chi connectivity index (χ0) is 12.1. The van der Waals surface area contributed by atoms with Crippen molar-refractivity contribution in [2.75, 3.05) is 32.9 Å². The Hall–Kier alpha value is -0.610. The lowest BCUT2D eigenvalue weighted by molar-refractivity contribution is -0.142. The van der Waals surface area contributed by atoms with Gasteiger partial charge in [-0.05, 0) is 25.8 Å². The molecule has 0 aromatic carbocycles. The van der Waals surface area contributed by atoms with Crippen molar-refractivity contribution in [2.24, 2.45) is 0 Å². The number of carbonyl (C=O) groups excluding carboxylic acids is 1. The lowest BCUT2D eigenvalue weighted by Crippen LogP contribution is -2.26. The Bertz CT molecular complexity index is 162. The van der Waals surface area contributed by atoms with Crippen molar-refractivity contribution in [3.8, 4) is 0 Å². The van der Waals surface area contributed by atoms with Gasteiger partial charge in [0, 0.05) is 13.2 Å². The number of unbranched alkanes of at least 4 members (excludes halogenated alkanes) is 1. The zero-order valence-corrected chi connectivity index (χ0v) is 10.6. The normalized spacial score (nSPS) is 10.4. The van der Waals surface area contributed by atoms with Gasteiger partial charge < -0.3 is 14.8 Å². The predicted octanol–water partition coefficient (Wildman–Crippen LogP) is 1.74. The monoisotopic (exact) mass is 231 g/mol. The topological polar surface area (TPSA) is 47.6 Å². The Labute approximate surface area is 98.7 Å². The second-order valence-electron chi connectivity index (χ2n) is 3.72. The molecule has 0 rings (SSSR count). The average molecular weight is 231 g/mol. The van der Waals surface area contributed by atoms with E-state index in [1.807, 2.05) is 0 Å². The molecular weight excluding hydrogens is 206 g/mol. The molecule has 0 saturated heterocycles. The van der Waals surface area contributed by atoms with E-state index in [9.17, 15) is 4.79 Å². The Morgan fingerprint density at radius 1 is 1.06 bits per heavy atom. The van der Waals surface area contributed by atoms with Crippen LogP contribution in [-0.2, 0) is 14.3 Å². The van der Waals surface area contributed by atoms with Gasteiger partial charge in [0.1, 0.15) is 0 Å². The van der Waals surface area contributed by atoms with Crippen LogP contribution in [-0.4, -0.2) is 38.9 Å². The predicted molar refractivity (Wildman–Crippen MR) is 64.5 cm³/mol. The van der Waals surface area contributed by atoms with E-state index < -0.39 is 0 Å². The molecule has 16 heavy (non-hydrogen) atoms. The van der Waals surface area contributed by atoms with Gasteiger partial charge in [-0.25, -0.2) is 0 Å². The Balaban J connectivity index is 3.09. The van der Waals surface area contributed by atoms with Gasteiger partial charge in [0.05, 0.1) is 13.2 Å². The van der Waals surface area contributed by atoms with E-state index >= 15 is 0 Å². The molecule has 0 bridgehead atoms. The van der Waals surface area contributed by atoms with Crippen LogP contribution in [0.3, 0.4) is 0 Å². The number of hydrogen-bond acceptors (Lipinski definition) is 4. The van der Waals surface area contributed by atoms with Crippen molar-refractivity contribution in [1.29, 1.82) is 0 Å². The molecule has 0 unspecified atom stereocenters. The fraction of sp³-hybridized carbons (Fsp3) is 0.917. The lowest BCUT2D eigenvalue weighted by atomic mass is 10.4. The fourth-order valence-corrected chi connectivity index (χ4v) is 1.12. The zero-order valence-electron chi connectivity index (χ0n) is 10.6. The second kappa shape index (κ2) is 12.5. The molecule has 0 spiro atoms. The van der Waals surface area contributed by atoms with Crippen LogP contribution in [0, 0.1) is 0 Å². The van der Waals surface area contributed by atoms with Crippen molar-refractivity contribution in [2.45, 2.75) is 39.5 Å². The summed E-state index contributed by atoms with van der Waals surface area (Å²) in [5.41, 5.74) is 0. The maximum Gasteiger partial charge on any atom is 0.319 e. The molecular formula is C12H25NO3. The summed E-state index contributed by atoms with van der Waals surface area (Å²) in [7, 11) is 0. The largest absolute Gasteiger partial charge is 0.465 e. The van der Waals surface area contributed by atoms with E-state index in [4.69, 9.17) is 9.47 Å². The van der Waals surface area contributed by atoms with E-state index in [0.29, 0.717) is 13.2 Å². The third-order valence-electron chi connectivity index (χ3n) is 2.02. The number of rotatable bonds is 11. The molecule has 0 aromatic heterocycles. The summed E-state index contributed by atoms with van der Waals surface area (Å²) in [4.78, 5) is 11.1. The van der Waals surface area contributed by atoms with Gasteiger partial charge in [-0.15, -0.1) is 0 Å². The van der Waals surface area contributed by atoms with Crippen LogP contribution in [0.2, 0.25) is 0 Å². The molecule has 0 radical (unpaired) electrons. The highest BCUT2D eigenvalue weighted by atomic mass is 16.5. The summed E-state index contributed by atoms with van der Waals surface area (Å²) in [6, 6.07) is 0. The first kappa shape index (κ1) is 15.4. The molecule has 0 atom stereocenters. The molecule has 0 amide bonds. The van der Waals surface area contributed by atoms with Gasteiger partial charge >= 0.3 is 5.97 Å². The summed E-state index contributed by atoms with van der Waals surface area (Å²) in [6.07, 6.45) is 3.98. The molecule has 0 fully saturated rings. The quantitative estimate of drug-likeness (QED) is 0.434. The second-order valence-corrected chi connectivity index (χ2v) is 3.72. The van der Waals surface area contributed by atoms with Gasteiger partial charge in [-0.1, -0.05) is 20.3 Å². The van der Waals surface area contributed by atoms with Gasteiger partial charge in [0.2, 0.25) is 0 Å². The minimum atomic E-state index is -0.164. The third-order valence-corrected chi connectivity index (χ3v) is 2.02. The molecule has 96 valence electrons. The van der Waals surface area contributed by atoms with E-state index in [-0.39, 0.29) is 5.97 Å². The summed E-state index contributed by atoms with van der Waals surface area (Å²) in [6.45, 7) is 7.37. The minimum Gasteiger partial charge on any atom is -0.465 e. The van der Waals surface area contributed by atoms with Crippen molar-refractivity contribution < 1.29 is 14.3 Å². The minimum absolute atomic E-state index is 0.164. The number of nitrogens with one attached hydrogen (secondary N) is 1. The maximum atomic E-state index is 11.1. The van der Waals surface area contributed by atoms with Gasteiger partial charge in [-0.3, -0.25) is 4.79 Å². The first-order valence-corrected chi connectivity index (χ1v) is 6.25. The first-order chi connectivity index (χ1) is 7.81. The van der Waals surface area contributed by atoms with Crippen molar-refractivity contribution in [3.63, 3.8) is 0 Å². The van der Waals surface area contributed by atoms with E-state index in [0.717, 1.165) is 45.4 Å². The van der Waals surface area contributed by atoms with Crippen LogP contribution in [0.15, 0.2) is 0 Å². The highest BCUT2D eigenvalue weighted by Crippen LogP contribution is 1.88. The molecule has 1 N–H and O–H groups in total. The van der Waals surface area contributed by atoms with Gasteiger partial charge in [0.15, 0.2) is 0 Å². The van der Waals surface area contributed by atoms with E-state index in [1.54, 1.807) is 0 Å². The summed E-state index contributed by atoms with van der Waals surface area (Å²) < 4.78 is 10.3. The van der Waals surface area contributed by atoms with Crippen molar-refractivity contribution in [3.05, 3.63) is 0 Å². The third kappa shape index (κ3) is 11.5. The molecule has 4 nitrogen and oxygen atoms in total. The molecule has 4 heteroatoms. The summed E-state index contributed by atoms with van der Waals surface area (Å²) in [5.74, 6) is -0.164. The molecule has 0 aliphatic carbocycles. The molecule has 0 heterocycles. The van der Waals surface area contributed by atoms with Gasteiger partial charge in [-0.2, -0.15) is 0 Å². The Morgan fingerprint density at radius 2 is 1.88 bits per heavy atom. The van der Waals surface area contributed by atoms with Crippen LogP contribution >= 0.6 is 0 Å². The summed E-state index contributed by atoms with van der Waals surface area (Å²) in [5, 5.41) is 3.03. The number of hydrogen-bond donors (Lipinski definition) is 1. The van der Waals surface area contributed by atoms with Crippen molar-refractivity contribution >= 4 is 5.97 Å². The van der Waals surface area contributed by atoms with Crippen LogP contribution in [0.25, 0.3) is 0 Å². The molecule has 0 saturated carbocycles. The number of esters is 1. The molecule has 0 aromatic rings. The standard InChI is InChI=1S/C12H25NO3/c1-3-5-10-16-12(14)11-13-7-6-9-15-8-4-2/h13H,3-11H2,1-2H3. The van der Waals surface area contributed by atoms with Crippen molar-refractivity contribution in [1.82, 2.24) is 5.32 Å². The highest BCUT2D eigenvalue weighted by molar-refractivity contribution is 5.71. The van der Waals surface area contributed by atoms with Crippen LogP contribution in [0.4, 0.5) is 0 Å². The fourth-order valence-electron chi connectivity index (χ4n) is 1.12. The number of carbonyl (C=O) groups is 1. The maximum absolute atomic E-state index is 11.1. The number of ether oxygens (including phenoxy) is 2. The van der Waals surface area contributed by atoms with Gasteiger partial charge in [0.25, 0.3) is 0 Å². The summed E-state index contributed by atoms with van der Waals surface area (Å²) >= 11 is 0. The smallest absolute Gasteiger partial charge is 0.319 e. The Morgan fingerprint density at radius 3 is 2.56 bits per heavy atom. The SMILES string of the molecule is CCCCOC(=O)CNCCCOCCC.